The monoisotopic (exact) mass is 280 g/mol. The Labute approximate surface area is 102 Å². The number of H-pyrrole nitrogens is 1. The Morgan fingerprint density at radius 2 is 2.06 bits per heavy atom. The molecule has 0 aromatic carbocycles. The van der Waals surface area contributed by atoms with Gasteiger partial charge >= 0.3 is 0 Å². The predicted octanol–water partition coefficient (Wildman–Crippen LogP) is 1.73. The first-order chi connectivity index (χ1) is 7.83. The SMILES string of the molecule is Brc1cnc2cc(N3CCNCC3)[nH]c2c1. The van der Waals surface area contributed by atoms with Gasteiger partial charge in [-0.25, -0.2) is 0 Å². The lowest BCUT2D eigenvalue weighted by atomic mass is 10.3. The summed E-state index contributed by atoms with van der Waals surface area (Å²) in [6.07, 6.45) is 1.83. The first-order valence-electron chi connectivity index (χ1n) is 5.43. The molecule has 16 heavy (non-hydrogen) atoms. The topological polar surface area (TPSA) is 44.0 Å². The maximum absolute atomic E-state index is 4.38. The normalized spacial score (nSPS) is 16.9. The molecule has 3 heterocycles. The molecule has 0 atom stereocenters. The van der Waals surface area contributed by atoms with Crippen molar-refractivity contribution in [2.45, 2.75) is 0 Å². The van der Waals surface area contributed by atoms with E-state index in [1.165, 1.54) is 5.82 Å². The second-order valence-corrected chi connectivity index (χ2v) is 4.89. The molecule has 0 bridgehead atoms. The van der Waals surface area contributed by atoms with Crippen LogP contribution in [0.15, 0.2) is 22.8 Å². The molecule has 3 rings (SSSR count). The van der Waals surface area contributed by atoms with Crippen molar-refractivity contribution in [3.8, 4) is 0 Å². The van der Waals surface area contributed by atoms with Gasteiger partial charge in [0.25, 0.3) is 0 Å². The molecule has 0 radical (unpaired) electrons. The number of hydrogen-bond acceptors (Lipinski definition) is 3. The smallest absolute Gasteiger partial charge is 0.108 e. The second-order valence-electron chi connectivity index (χ2n) is 3.98. The van der Waals surface area contributed by atoms with Crippen molar-refractivity contribution in [3.05, 3.63) is 22.8 Å². The molecule has 2 aromatic rings. The number of aromatic nitrogens is 2. The van der Waals surface area contributed by atoms with E-state index in [4.69, 9.17) is 0 Å². The molecule has 2 aromatic heterocycles. The van der Waals surface area contributed by atoms with Crippen molar-refractivity contribution >= 4 is 32.8 Å². The third kappa shape index (κ3) is 1.81. The lowest BCUT2D eigenvalue weighted by molar-refractivity contribution is 0.586. The number of nitrogens with one attached hydrogen (secondary N) is 2. The van der Waals surface area contributed by atoms with E-state index in [9.17, 15) is 0 Å². The zero-order valence-corrected chi connectivity index (χ0v) is 10.4. The maximum Gasteiger partial charge on any atom is 0.108 e. The summed E-state index contributed by atoms with van der Waals surface area (Å²) < 4.78 is 1.01. The standard InChI is InChI=1S/C11H13BrN4/c12-8-5-10-9(14-7-8)6-11(15-10)16-3-1-13-2-4-16/h5-7,13,15H,1-4H2. The van der Waals surface area contributed by atoms with Crippen molar-refractivity contribution < 1.29 is 0 Å². The number of fused-ring (bicyclic) bond motifs is 1. The van der Waals surface area contributed by atoms with Crippen LogP contribution in [0.4, 0.5) is 5.82 Å². The lowest BCUT2D eigenvalue weighted by Gasteiger charge is -2.27. The van der Waals surface area contributed by atoms with Crippen LogP contribution in [0.5, 0.6) is 0 Å². The van der Waals surface area contributed by atoms with Crippen molar-refractivity contribution in [1.82, 2.24) is 15.3 Å². The first-order valence-corrected chi connectivity index (χ1v) is 6.22. The Morgan fingerprint density at radius 1 is 1.25 bits per heavy atom. The van der Waals surface area contributed by atoms with Crippen LogP contribution in [0.2, 0.25) is 0 Å². The molecular weight excluding hydrogens is 268 g/mol. The number of nitrogens with zero attached hydrogens (tertiary/aromatic N) is 2. The van der Waals surface area contributed by atoms with E-state index >= 15 is 0 Å². The Kier molecular flexibility index (Phi) is 2.57. The third-order valence-corrected chi connectivity index (χ3v) is 3.31. The van der Waals surface area contributed by atoms with Crippen LogP contribution in [0, 0.1) is 0 Å². The molecule has 0 aliphatic carbocycles. The highest BCUT2D eigenvalue weighted by Crippen LogP contribution is 2.22. The number of halogens is 1. The van der Waals surface area contributed by atoms with Crippen molar-refractivity contribution in [1.29, 1.82) is 0 Å². The average Bonchev–Trinajstić information content (AvgIpc) is 2.73. The molecule has 1 aliphatic rings. The molecule has 4 nitrogen and oxygen atoms in total. The highest BCUT2D eigenvalue weighted by atomic mass is 79.9. The first kappa shape index (κ1) is 10.1. The quantitative estimate of drug-likeness (QED) is 0.836. The molecule has 84 valence electrons. The summed E-state index contributed by atoms with van der Waals surface area (Å²) in [5.74, 6) is 1.17. The maximum atomic E-state index is 4.38. The van der Waals surface area contributed by atoms with Crippen molar-refractivity contribution in [2.24, 2.45) is 0 Å². The van der Waals surface area contributed by atoms with Crippen LogP contribution in [-0.2, 0) is 0 Å². The number of aromatic amines is 1. The van der Waals surface area contributed by atoms with Gasteiger partial charge in [0.05, 0.1) is 11.0 Å². The molecule has 2 N–H and O–H groups in total. The Hall–Kier alpha value is -1.07. The van der Waals surface area contributed by atoms with Crippen LogP contribution in [0.3, 0.4) is 0 Å². The molecule has 1 aliphatic heterocycles. The summed E-state index contributed by atoms with van der Waals surface area (Å²) in [5.41, 5.74) is 2.11. The van der Waals surface area contributed by atoms with Crippen LogP contribution in [0.25, 0.3) is 11.0 Å². The van der Waals surface area contributed by atoms with E-state index in [1.807, 2.05) is 6.20 Å². The predicted molar refractivity (Wildman–Crippen MR) is 68.9 cm³/mol. The van der Waals surface area contributed by atoms with Crippen LogP contribution in [-0.4, -0.2) is 36.1 Å². The van der Waals surface area contributed by atoms with Crippen molar-refractivity contribution in [3.63, 3.8) is 0 Å². The minimum absolute atomic E-state index is 1.01. The van der Waals surface area contributed by atoms with E-state index < -0.39 is 0 Å². The number of piperazine rings is 1. The Balaban J connectivity index is 1.97. The Bertz CT molecular complexity index is 502. The van der Waals surface area contributed by atoms with Gasteiger partial charge in [0.1, 0.15) is 5.82 Å². The fourth-order valence-electron chi connectivity index (χ4n) is 2.04. The van der Waals surface area contributed by atoms with E-state index in [0.717, 1.165) is 41.7 Å². The van der Waals surface area contributed by atoms with E-state index in [0.29, 0.717) is 0 Å². The number of pyridine rings is 1. The summed E-state index contributed by atoms with van der Waals surface area (Å²) in [6, 6.07) is 4.18. The summed E-state index contributed by atoms with van der Waals surface area (Å²) in [6.45, 7) is 4.20. The fourth-order valence-corrected chi connectivity index (χ4v) is 2.38. The zero-order chi connectivity index (χ0) is 11.0. The largest absolute Gasteiger partial charge is 0.356 e. The van der Waals surface area contributed by atoms with Gasteiger partial charge < -0.3 is 15.2 Å². The summed E-state index contributed by atoms with van der Waals surface area (Å²) in [7, 11) is 0. The fraction of sp³-hybridized carbons (Fsp3) is 0.364. The summed E-state index contributed by atoms with van der Waals surface area (Å²) in [4.78, 5) is 10.1. The minimum atomic E-state index is 1.01. The number of rotatable bonds is 1. The molecular formula is C11H13BrN4. The van der Waals surface area contributed by atoms with Crippen LogP contribution in [0.1, 0.15) is 0 Å². The van der Waals surface area contributed by atoms with E-state index in [-0.39, 0.29) is 0 Å². The van der Waals surface area contributed by atoms with Gasteiger partial charge in [0, 0.05) is 42.9 Å². The van der Waals surface area contributed by atoms with Gasteiger partial charge in [0.2, 0.25) is 0 Å². The molecule has 1 saturated heterocycles. The minimum Gasteiger partial charge on any atom is -0.356 e. The van der Waals surface area contributed by atoms with Gasteiger partial charge in [-0.2, -0.15) is 0 Å². The van der Waals surface area contributed by atoms with Gasteiger partial charge in [-0.05, 0) is 22.0 Å². The van der Waals surface area contributed by atoms with Gasteiger partial charge in [-0.15, -0.1) is 0 Å². The zero-order valence-electron chi connectivity index (χ0n) is 8.83. The third-order valence-electron chi connectivity index (χ3n) is 2.88. The number of hydrogen-bond donors (Lipinski definition) is 2. The van der Waals surface area contributed by atoms with E-state index in [1.54, 1.807) is 0 Å². The van der Waals surface area contributed by atoms with Gasteiger partial charge in [-0.3, -0.25) is 4.98 Å². The molecule has 0 amide bonds. The number of anilines is 1. The Morgan fingerprint density at radius 3 is 2.88 bits per heavy atom. The second kappa shape index (κ2) is 4.07. The molecule has 5 heteroatoms. The average molecular weight is 281 g/mol. The van der Waals surface area contributed by atoms with Crippen LogP contribution < -0.4 is 10.2 Å². The van der Waals surface area contributed by atoms with E-state index in [2.05, 4.69) is 48.2 Å². The van der Waals surface area contributed by atoms with Crippen molar-refractivity contribution in [2.75, 3.05) is 31.1 Å². The summed E-state index contributed by atoms with van der Waals surface area (Å²) >= 11 is 3.43. The molecule has 0 saturated carbocycles. The van der Waals surface area contributed by atoms with Gasteiger partial charge in [-0.1, -0.05) is 0 Å². The van der Waals surface area contributed by atoms with Crippen LogP contribution >= 0.6 is 15.9 Å². The lowest BCUT2D eigenvalue weighted by Crippen LogP contribution is -2.43. The molecule has 0 spiro atoms. The summed E-state index contributed by atoms with van der Waals surface area (Å²) in [5, 5.41) is 3.35. The molecule has 0 unspecified atom stereocenters. The highest BCUT2D eigenvalue weighted by molar-refractivity contribution is 9.10. The molecule has 1 fully saturated rings. The van der Waals surface area contributed by atoms with Gasteiger partial charge in [0.15, 0.2) is 0 Å². The highest BCUT2D eigenvalue weighted by Gasteiger charge is 2.12.